The Morgan fingerprint density at radius 2 is 1.94 bits per heavy atom. The van der Waals surface area contributed by atoms with Crippen LogP contribution in [0.2, 0.25) is 0 Å². The molecule has 0 aromatic heterocycles. The minimum absolute atomic E-state index is 0.0112. The van der Waals surface area contributed by atoms with Gasteiger partial charge in [-0.25, -0.2) is 4.79 Å². The van der Waals surface area contributed by atoms with E-state index < -0.39 is 29.2 Å². The molecule has 0 amide bonds. The molecule has 5 N–H and O–H groups in total. The Balaban J connectivity index is 3.30. The second-order valence-corrected chi connectivity index (χ2v) is 3.36. The molecule has 0 spiro atoms. The maximum absolute atomic E-state index is 10.5. The molecule has 0 aliphatic carbocycles. The van der Waals surface area contributed by atoms with E-state index >= 15 is 0 Å². The van der Waals surface area contributed by atoms with Crippen LogP contribution in [-0.2, 0) is 10.6 Å². The third-order valence-corrected chi connectivity index (χ3v) is 2.17. The van der Waals surface area contributed by atoms with Gasteiger partial charge in [-0.3, -0.25) is 4.79 Å². The molecule has 1 atom stereocenters. The van der Waals surface area contributed by atoms with Crippen molar-refractivity contribution in [2.45, 2.75) is 11.9 Å². The fourth-order valence-electron chi connectivity index (χ4n) is 1.24. The number of carboxylic acid groups (broad SMARTS) is 1. The Kier molecular flexibility index (Phi) is 3.47. The van der Waals surface area contributed by atoms with Gasteiger partial charge in [-0.1, -0.05) is 0 Å². The van der Waals surface area contributed by atoms with Gasteiger partial charge in [0.25, 0.3) is 0 Å². The maximum Gasteiger partial charge on any atom is 0.338 e. The first-order valence-corrected chi connectivity index (χ1v) is 4.45. The SMILES string of the molecule is O=Cc1ccc(O)c(C(O)(O)C(O)C(=O)O)c1. The molecule has 0 saturated heterocycles. The highest BCUT2D eigenvalue weighted by atomic mass is 16.5. The van der Waals surface area contributed by atoms with Gasteiger partial charge in [-0.05, 0) is 18.2 Å². The summed E-state index contributed by atoms with van der Waals surface area (Å²) in [6, 6.07) is 3.04. The molecule has 0 saturated carbocycles. The highest BCUT2D eigenvalue weighted by Crippen LogP contribution is 2.30. The molecule has 7 heteroatoms. The number of benzene rings is 1. The van der Waals surface area contributed by atoms with E-state index in [1.165, 1.54) is 6.07 Å². The Morgan fingerprint density at radius 1 is 1.35 bits per heavy atom. The number of aliphatic hydroxyl groups is 3. The average molecular weight is 242 g/mol. The number of aliphatic hydroxyl groups excluding tert-OH is 1. The minimum Gasteiger partial charge on any atom is -0.507 e. The van der Waals surface area contributed by atoms with Crippen LogP contribution in [0.5, 0.6) is 5.75 Å². The molecule has 0 radical (unpaired) electrons. The number of hydrogen-bond acceptors (Lipinski definition) is 6. The van der Waals surface area contributed by atoms with Crippen LogP contribution in [0.1, 0.15) is 15.9 Å². The van der Waals surface area contributed by atoms with Gasteiger partial charge in [0.15, 0.2) is 0 Å². The summed E-state index contributed by atoms with van der Waals surface area (Å²) in [5.74, 6) is -5.73. The number of aromatic hydroxyl groups is 1. The van der Waals surface area contributed by atoms with Crippen LogP contribution in [0, 0.1) is 0 Å². The number of carbonyl (C=O) groups is 2. The maximum atomic E-state index is 10.5. The Hall–Kier alpha value is -1.96. The van der Waals surface area contributed by atoms with Gasteiger partial charge in [0.2, 0.25) is 11.9 Å². The normalized spacial score (nSPS) is 13.1. The van der Waals surface area contributed by atoms with Gasteiger partial charge >= 0.3 is 5.97 Å². The lowest BCUT2D eigenvalue weighted by atomic mass is 9.97. The van der Waals surface area contributed by atoms with E-state index in [1.54, 1.807) is 0 Å². The van der Waals surface area contributed by atoms with E-state index in [4.69, 9.17) is 10.2 Å². The predicted molar refractivity (Wildman–Crippen MR) is 53.3 cm³/mol. The number of carboxylic acids is 1. The summed E-state index contributed by atoms with van der Waals surface area (Å²) < 4.78 is 0. The molecular weight excluding hydrogens is 232 g/mol. The first-order chi connectivity index (χ1) is 7.80. The van der Waals surface area contributed by atoms with E-state index in [9.17, 15) is 24.9 Å². The number of aldehydes is 1. The molecule has 92 valence electrons. The van der Waals surface area contributed by atoms with Crippen LogP contribution in [0.4, 0.5) is 0 Å². The summed E-state index contributed by atoms with van der Waals surface area (Å²) in [6.45, 7) is 0. The zero-order valence-electron chi connectivity index (χ0n) is 8.44. The summed E-state index contributed by atoms with van der Waals surface area (Å²) in [5.41, 5.74) is -0.681. The van der Waals surface area contributed by atoms with E-state index in [0.29, 0.717) is 6.29 Å². The van der Waals surface area contributed by atoms with Crippen molar-refractivity contribution in [1.29, 1.82) is 0 Å². The first kappa shape index (κ1) is 13.1. The van der Waals surface area contributed by atoms with Crippen molar-refractivity contribution in [3.05, 3.63) is 29.3 Å². The lowest BCUT2D eigenvalue weighted by Gasteiger charge is -2.25. The van der Waals surface area contributed by atoms with E-state index in [-0.39, 0.29) is 5.56 Å². The standard InChI is InChI=1S/C10H10O7/c11-4-5-1-2-7(12)6(3-5)10(16,17)8(13)9(14)15/h1-4,8,12-13,16-17H,(H,14,15). The van der Waals surface area contributed by atoms with Crippen LogP contribution >= 0.6 is 0 Å². The zero-order valence-corrected chi connectivity index (χ0v) is 8.44. The molecule has 0 fully saturated rings. The van der Waals surface area contributed by atoms with Crippen molar-refractivity contribution in [2.75, 3.05) is 0 Å². The van der Waals surface area contributed by atoms with Crippen molar-refractivity contribution in [3.63, 3.8) is 0 Å². The monoisotopic (exact) mass is 242 g/mol. The molecule has 1 aromatic rings. The largest absolute Gasteiger partial charge is 0.507 e. The summed E-state index contributed by atoms with van der Waals surface area (Å²) in [7, 11) is 0. The molecule has 17 heavy (non-hydrogen) atoms. The summed E-state index contributed by atoms with van der Waals surface area (Å²) in [4.78, 5) is 20.9. The quantitative estimate of drug-likeness (QED) is 0.330. The first-order valence-electron chi connectivity index (χ1n) is 4.45. The topological polar surface area (TPSA) is 135 Å². The van der Waals surface area contributed by atoms with Gasteiger partial charge < -0.3 is 25.5 Å². The van der Waals surface area contributed by atoms with Crippen LogP contribution in [0.3, 0.4) is 0 Å². The summed E-state index contributed by atoms with van der Waals surface area (Å²) in [6.07, 6.45) is -2.19. The van der Waals surface area contributed by atoms with Crippen molar-refractivity contribution in [1.82, 2.24) is 0 Å². The fraction of sp³-hybridized carbons (Fsp3) is 0.200. The van der Waals surface area contributed by atoms with Gasteiger partial charge in [0.1, 0.15) is 12.0 Å². The second kappa shape index (κ2) is 4.50. The molecule has 0 aliphatic heterocycles. The average Bonchev–Trinajstić information content (AvgIpc) is 2.28. The van der Waals surface area contributed by atoms with Crippen LogP contribution in [0.15, 0.2) is 18.2 Å². The van der Waals surface area contributed by atoms with Crippen LogP contribution < -0.4 is 0 Å². The second-order valence-electron chi connectivity index (χ2n) is 3.36. The Morgan fingerprint density at radius 3 is 2.41 bits per heavy atom. The number of phenolic OH excluding ortho intramolecular Hbond substituents is 1. The van der Waals surface area contributed by atoms with Gasteiger partial charge in [0, 0.05) is 5.56 Å². The molecule has 0 bridgehead atoms. The lowest BCUT2D eigenvalue weighted by Crippen LogP contribution is -2.44. The third kappa shape index (κ3) is 2.41. The van der Waals surface area contributed by atoms with Gasteiger partial charge in [-0.2, -0.15) is 0 Å². The zero-order chi connectivity index (χ0) is 13.2. The molecular formula is C10H10O7. The molecule has 0 aliphatic rings. The smallest absolute Gasteiger partial charge is 0.338 e. The predicted octanol–water partition coefficient (Wildman–Crippen LogP) is -1.21. The highest BCUT2D eigenvalue weighted by Gasteiger charge is 2.42. The number of hydrogen-bond donors (Lipinski definition) is 5. The molecule has 0 heterocycles. The van der Waals surface area contributed by atoms with Gasteiger partial charge in [-0.15, -0.1) is 0 Å². The number of aliphatic carboxylic acids is 1. The van der Waals surface area contributed by atoms with Crippen molar-refractivity contribution in [2.24, 2.45) is 0 Å². The summed E-state index contributed by atoms with van der Waals surface area (Å²) >= 11 is 0. The number of phenols is 1. The highest BCUT2D eigenvalue weighted by molar-refractivity contribution is 5.77. The minimum atomic E-state index is -3.20. The molecule has 1 unspecified atom stereocenters. The Labute approximate surface area is 95.2 Å². The van der Waals surface area contributed by atoms with E-state index in [2.05, 4.69) is 0 Å². The molecule has 1 rings (SSSR count). The summed E-state index contributed by atoms with van der Waals surface area (Å²) in [5, 5.41) is 45.9. The van der Waals surface area contributed by atoms with Crippen molar-refractivity contribution in [3.8, 4) is 5.75 Å². The molecule has 7 nitrogen and oxygen atoms in total. The Bertz CT molecular complexity index is 452. The third-order valence-electron chi connectivity index (χ3n) is 2.17. The number of rotatable bonds is 4. The molecule has 1 aromatic carbocycles. The fourth-order valence-corrected chi connectivity index (χ4v) is 1.24. The van der Waals surface area contributed by atoms with E-state index in [1.807, 2.05) is 0 Å². The van der Waals surface area contributed by atoms with Gasteiger partial charge in [0.05, 0.1) is 5.56 Å². The van der Waals surface area contributed by atoms with Crippen molar-refractivity contribution >= 4 is 12.3 Å². The number of carbonyl (C=O) groups excluding carboxylic acids is 1. The van der Waals surface area contributed by atoms with E-state index in [0.717, 1.165) is 12.1 Å². The van der Waals surface area contributed by atoms with Crippen LogP contribution in [0.25, 0.3) is 0 Å². The van der Waals surface area contributed by atoms with Crippen molar-refractivity contribution < 1.29 is 35.1 Å². The lowest BCUT2D eigenvalue weighted by molar-refractivity contribution is -0.238. The van der Waals surface area contributed by atoms with Crippen LogP contribution in [-0.4, -0.2) is 43.9 Å².